The van der Waals surface area contributed by atoms with Gasteiger partial charge in [0.05, 0.1) is 0 Å². The van der Waals surface area contributed by atoms with Gasteiger partial charge in [0, 0.05) is 17.6 Å². The van der Waals surface area contributed by atoms with Gasteiger partial charge in [0.15, 0.2) is 0 Å². The van der Waals surface area contributed by atoms with Crippen molar-refractivity contribution < 1.29 is 0 Å². The molecule has 2 fully saturated rings. The molecule has 2 aliphatic rings. The maximum absolute atomic E-state index is 6.02. The highest BCUT2D eigenvalue weighted by Crippen LogP contribution is 2.57. The number of hydrogen-bond donors (Lipinski definition) is 1. The average molecular weight is 224 g/mol. The molecule has 1 aliphatic heterocycles. The van der Waals surface area contributed by atoms with E-state index in [0.717, 1.165) is 18.5 Å². The molecular formula is C14H28N2. The fourth-order valence-corrected chi connectivity index (χ4v) is 3.90. The summed E-state index contributed by atoms with van der Waals surface area (Å²) in [6, 6.07) is 1.47. The van der Waals surface area contributed by atoms with Gasteiger partial charge in [-0.3, -0.25) is 4.90 Å². The summed E-state index contributed by atoms with van der Waals surface area (Å²) in [7, 11) is 0. The lowest BCUT2D eigenvalue weighted by atomic mass is 9.76. The number of fused-ring (bicyclic) bond motifs is 1. The quantitative estimate of drug-likeness (QED) is 0.741. The average Bonchev–Trinajstić information content (AvgIpc) is 2.75. The van der Waals surface area contributed by atoms with Crippen molar-refractivity contribution in [3.05, 3.63) is 0 Å². The molecule has 16 heavy (non-hydrogen) atoms. The van der Waals surface area contributed by atoms with Gasteiger partial charge in [-0.15, -0.1) is 0 Å². The van der Waals surface area contributed by atoms with Gasteiger partial charge < -0.3 is 5.73 Å². The molecule has 1 heterocycles. The highest BCUT2D eigenvalue weighted by molar-refractivity contribution is 5.15. The van der Waals surface area contributed by atoms with Gasteiger partial charge in [-0.1, -0.05) is 20.8 Å². The molecule has 0 amide bonds. The van der Waals surface area contributed by atoms with Crippen LogP contribution in [0.2, 0.25) is 0 Å². The summed E-state index contributed by atoms with van der Waals surface area (Å²) in [6.45, 7) is 15.0. The molecule has 0 aromatic carbocycles. The molecule has 0 bridgehead atoms. The lowest BCUT2D eigenvalue weighted by molar-refractivity contribution is 0.0161. The standard InChI is InChI=1S/C14H28N2/c1-13(2,3)12-10(8-15)9-7-11(9)16(12)14(4,5)6/h9-12H,7-8,15H2,1-6H3/t9?,10?,11?,12-/m0/s1. The van der Waals surface area contributed by atoms with Crippen molar-refractivity contribution in [2.75, 3.05) is 6.54 Å². The second-order valence-corrected chi connectivity index (χ2v) is 7.76. The van der Waals surface area contributed by atoms with Crippen LogP contribution in [0.3, 0.4) is 0 Å². The van der Waals surface area contributed by atoms with Crippen LogP contribution >= 0.6 is 0 Å². The Morgan fingerprint density at radius 3 is 2.06 bits per heavy atom. The third kappa shape index (κ3) is 1.80. The lowest BCUT2D eigenvalue weighted by Crippen LogP contribution is -2.54. The summed E-state index contributed by atoms with van der Waals surface area (Å²) in [6.07, 6.45) is 1.38. The molecule has 2 heteroatoms. The van der Waals surface area contributed by atoms with Crippen LogP contribution in [0.5, 0.6) is 0 Å². The molecule has 4 atom stereocenters. The van der Waals surface area contributed by atoms with Gasteiger partial charge in [-0.05, 0) is 51.0 Å². The van der Waals surface area contributed by atoms with Crippen molar-refractivity contribution in [1.82, 2.24) is 4.90 Å². The van der Waals surface area contributed by atoms with Gasteiger partial charge in [0.25, 0.3) is 0 Å². The zero-order chi connectivity index (χ0) is 12.3. The molecule has 0 aromatic heterocycles. The minimum atomic E-state index is 0.279. The fourth-order valence-electron chi connectivity index (χ4n) is 3.90. The van der Waals surface area contributed by atoms with E-state index >= 15 is 0 Å². The second kappa shape index (κ2) is 3.46. The SMILES string of the molecule is CC(C)(C)[C@@H]1C(CN)C2CC2N1C(C)(C)C. The minimum Gasteiger partial charge on any atom is -0.330 e. The molecule has 94 valence electrons. The van der Waals surface area contributed by atoms with Crippen molar-refractivity contribution in [2.24, 2.45) is 23.0 Å². The predicted octanol–water partition coefficient (Wildman–Crippen LogP) is 2.48. The fraction of sp³-hybridized carbons (Fsp3) is 1.00. The Labute approximate surface area is 101 Å². The molecule has 1 aliphatic carbocycles. The number of nitrogens with zero attached hydrogens (tertiary/aromatic N) is 1. The maximum Gasteiger partial charge on any atom is 0.0195 e. The summed E-state index contributed by atoms with van der Waals surface area (Å²) in [5.41, 5.74) is 6.63. The van der Waals surface area contributed by atoms with Gasteiger partial charge >= 0.3 is 0 Å². The molecule has 0 radical (unpaired) electrons. The number of rotatable bonds is 1. The van der Waals surface area contributed by atoms with Crippen LogP contribution in [0.4, 0.5) is 0 Å². The van der Waals surface area contributed by atoms with Gasteiger partial charge in [0.1, 0.15) is 0 Å². The van der Waals surface area contributed by atoms with Gasteiger partial charge in [0.2, 0.25) is 0 Å². The summed E-state index contributed by atoms with van der Waals surface area (Å²) >= 11 is 0. The Morgan fingerprint density at radius 1 is 1.12 bits per heavy atom. The van der Waals surface area contributed by atoms with Crippen LogP contribution in [-0.2, 0) is 0 Å². The first-order valence-electron chi connectivity index (χ1n) is 6.66. The van der Waals surface area contributed by atoms with Gasteiger partial charge in [-0.2, -0.15) is 0 Å². The maximum atomic E-state index is 6.02. The van der Waals surface area contributed by atoms with Crippen molar-refractivity contribution >= 4 is 0 Å². The highest BCUT2D eigenvalue weighted by Gasteiger charge is 2.62. The van der Waals surface area contributed by atoms with Crippen LogP contribution in [0.25, 0.3) is 0 Å². The number of hydrogen-bond acceptors (Lipinski definition) is 2. The van der Waals surface area contributed by atoms with Gasteiger partial charge in [-0.25, -0.2) is 0 Å². The lowest BCUT2D eigenvalue weighted by Gasteiger charge is -2.47. The Morgan fingerprint density at radius 2 is 1.69 bits per heavy atom. The number of piperidine rings is 1. The number of likely N-dealkylation sites (tertiary alicyclic amines) is 1. The third-order valence-electron chi connectivity index (χ3n) is 4.35. The predicted molar refractivity (Wildman–Crippen MR) is 69.3 cm³/mol. The topological polar surface area (TPSA) is 29.3 Å². The van der Waals surface area contributed by atoms with Crippen LogP contribution in [0.15, 0.2) is 0 Å². The molecule has 2 rings (SSSR count). The van der Waals surface area contributed by atoms with Crippen molar-refractivity contribution in [3.63, 3.8) is 0 Å². The Hall–Kier alpha value is -0.0800. The smallest absolute Gasteiger partial charge is 0.0195 e. The molecular weight excluding hydrogens is 196 g/mol. The van der Waals surface area contributed by atoms with Crippen LogP contribution in [-0.4, -0.2) is 29.1 Å². The number of nitrogens with two attached hydrogens (primary N) is 1. The Kier molecular flexibility index (Phi) is 2.67. The summed E-state index contributed by atoms with van der Waals surface area (Å²) in [5, 5.41) is 0. The molecule has 3 unspecified atom stereocenters. The van der Waals surface area contributed by atoms with Crippen molar-refractivity contribution in [2.45, 2.75) is 65.6 Å². The van der Waals surface area contributed by atoms with Crippen molar-refractivity contribution in [3.8, 4) is 0 Å². The van der Waals surface area contributed by atoms with E-state index in [9.17, 15) is 0 Å². The molecule has 0 aromatic rings. The van der Waals surface area contributed by atoms with E-state index in [2.05, 4.69) is 46.4 Å². The van der Waals surface area contributed by atoms with E-state index in [1.54, 1.807) is 0 Å². The van der Waals surface area contributed by atoms with E-state index in [4.69, 9.17) is 5.73 Å². The van der Waals surface area contributed by atoms with E-state index in [-0.39, 0.29) is 5.54 Å². The first-order chi connectivity index (χ1) is 7.18. The van der Waals surface area contributed by atoms with Crippen LogP contribution in [0.1, 0.15) is 48.0 Å². The summed E-state index contributed by atoms with van der Waals surface area (Å²) in [5.74, 6) is 1.60. The molecule has 2 nitrogen and oxygen atoms in total. The molecule has 1 saturated heterocycles. The first-order valence-corrected chi connectivity index (χ1v) is 6.66. The Balaban J connectivity index is 2.30. The largest absolute Gasteiger partial charge is 0.330 e. The highest BCUT2D eigenvalue weighted by atomic mass is 15.3. The zero-order valence-electron chi connectivity index (χ0n) is 11.7. The molecule has 2 N–H and O–H groups in total. The normalized spacial score (nSPS) is 39.9. The Bertz CT molecular complexity index is 271. The van der Waals surface area contributed by atoms with E-state index in [0.29, 0.717) is 17.4 Å². The van der Waals surface area contributed by atoms with Crippen LogP contribution < -0.4 is 5.73 Å². The van der Waals surface area contributed by atoms with E-state index in [1.807, 2.05) is 0 Å². The van der Waals surface area contributed by atoms with Crippen molar-refractivity contribution in [1.29, 1.82) is 0 Å². The third-order valence-corrected chi connectivity index (χ3v) is 4.35. The van der Waals surface area contributed by atoms with E-state index in [1.165, 1.54) is 6.42 Å². The van der Waals surface area contributed by atoms with E-state index < -0.39 is 0 Å². The molecule has 0 spiro atoms. The van der Waals surface area contributed by atoms with Crippen LogP contribution in [0, 0.1) is 17.3 Å². The monoisotopic (exact) mass is 224 g/mol. The summed E-state index contributed by atoms with van der Waals surface area (Å²) in [4.78, 5) is 2.76. The molecule has 1 saturated carbocycles. The second-order valence-electron chi connectivity index (χ2n) is 7.76. The zero-order valence-corrected chi connectivity index (χ0v) is 11.7. The minimum absolute atomic E-state index is 0.279. The summed E-state index contributed by atoms with van der Waals surface area (Å²) < 4.78 is 0. The first kappa shape index (κ1) is 12.4.